The summed E-state index contributed by atoms with van der Waals surface area (Å²) in [5.74, 6) is 1.67. The van der Waals surface area contributed by atoms with Gasteiger partial charge in [-0.2, -0.15) is 0 Å². The van der Waals surface area contributed by atoms with Gasteiger partial charge in [0.25, 0.3) is 0 Å². The fourth-order valence-corrected chi connectivity index (χ4v) is 2.72. The van der Waals surface area contributed by atoms with Crippen molar-refractivity contribution in [3.05, 3.63) is 34.9 Å². The second kappa shape index (κ2) is 9.57. The summed E-state index contributed by atoms with van der Waals surface area (Å²) in [7, 11) is 6.09. The molecule has 1 aromatic rings. The van der Waals surface area contributed by atoms with Crippen molar-refractivity contribution in [2.24, 2.45) is 10.9 Å². The first kappa shape index (κ1) is 19.5. The maximum atomic E-state index is 5.99. The molecule has 1 fully saturated rings. The third-order valence-electron chi connectivity index (χ3n) is 3.88. The van der Waals surface area contributed by atoms with Gasteiger partial charge in [0.1, 0.15) is 0 Å². The molecule has 1 atom stereocenters. The average Bonchev–Trinajstić information content (AvgIpc) is 3.27. The Morgan fingerprint density at radius 2 is 2.09 bits per heavy atom. The van der Waals surface area contributed by atoms with E-state index in [0.29, 0.717) is 6.04 Å². The van der Waals surface area contributed by atoms with E-state index in [4.69, 9.17) is 11.6 Å². The predicted octanol–water partition coefficient (Wildman–Crippen LogP) is 2.96. The largest absolute Gasteiger partial charge is 0.355 e. The molecule has 6 heteroatoms. The number of guanidine groups is 1. The molecule has 0 aliphatic heterocycles. The summed E-state index contributed by atoms with van der Waals surface area (Å²) in [5.41, 5.74) is 1.15. The Balaban J connectivity index is 0.00000242. The quantitative estimate of drug-likeness (QED) is 0.409. The summed E-state index contributed by atoms with van der Waals surface area (Å²) in [5, 5.41) is 7.51. The van der Waals surface area contributed by atoms with Crippen LogP contribution in [-0.4, -0.2) is 44.6 Å². The first-order valence-corrected chi connectivity index (χ1v) is 7.83. The highest BCUT2D eigenvalue weighted by molar-refractivity contribution is 14.0. The van der Waals surface area contributed by atoms with E-state index in [1.54, 1.807) is 7.05 Å². The van der Waals surface area contributed by atoms with Crippen LogP contribution in [0.1, 0.15) is 18.4 Å². The molecule has 0 spiro atoms. The van der Waals surface area contributed by atoms with E-state index in [0.717, 1.165) is 35.6 Å². The van der Waals surface area contributed by atoms with Crippen LogP contribution in [0.4, 0.5) is 0 Å². The van der Waals surface area contributed by atoms with Gasteiger partial charge >= 0.3 is 0 Å². The molecule has 0 aromatic heterocycles. The van der Waals surface area contributed by atoms with Crippen molar-refractivity contribution in [1.29, 1.82) is 0 Å². The van der Waals surface area contributed by atoms with Gasteiger partial charge in [0.05, 0.1) is 0 Å². The van der Waals surface area contributed by atoms with E-state index in [1.165, 1.54) is 12.8 Å². The lowest BCUT2D eigenvalue weighted by Gasteiger charge is -2.25. The molecule has 2 rings (SSSR count). The fourth-order valence-electron chi connectivity index (χ4n) is 2.51. The highest BCUT2D eigenvalue weighted by atomic mass is 127. The van der Waals surface area contributed by atoms with Gasteiger partial charge in [0, 0.05) is 31.2 Å². The van der Waals surface area contributed by atoms with Gasteiger partial charge in [-0.3, -0.25) is 4.99 Å². The number of rotatable bonds is 6. The van der Waals surface area contributed by atoms with Crippen molar-refractivity contribution >= 4 is 41.5 Å². The molecule has 0 radical (unpaired) electrons. The maximum Gasteiger partial charge on any atom is 0.191 e. The van der Waals surface area contributed by atoms with Crippen molar-refractivity contribution in [2.45, 2.75) is 25.4 Å². The zero-order valence-corrected chi connectivity index (χ0v) is 16.6. The predicted molar refractivity (Wildman–Crippen MR) is 105 cm³/mol. The summed E-state index contributed by atoms with van der Waals surface area (Å²) in [4.78, 5) is 6.58. The lowest BCUT2D eigenvalue weighted by Crippen LogP contribution is -2.45. The van der Waals surface area contributed by atoms with Gasteiger partial charge < -0.3 is 15.5 Å². The molecule has 1 aliphatic rings. The number of nitrogens with one attached hydrogen (secondary N) is 2. The van der Waals surface area contributed by atoms with E-state index in [-0.39, 0.29) is 24.0 Å². The average molecular weight is 437 g/mol. The Kier molecular flexibility index (Phi) is 8.49. The van der Waals surface area contributed by atoms with Crippen LogP contribution < -0.4 is 10.6 Å². The van der Waals surface area contributed by atoms with Gasteiger partial charge in [0.15, 0.2) is 5.96 Å². The minimum Gasteiger partial charge on any atom is -0.355 e. The Morgan fingerprint density at radius 3 is 2.64 bits per heavy atom. The second-order valence-electron chi connectivity index (χ2n) is 5.80. The summed E-state index contributed by atoms with van der Waals surface area (Å²) < 4.78 is 0. The van der Waals surface area contributed by atoms with E-state index >= 15 is 0 Å². The topological polar surface area (TPSA) is 39.7 Å². The summed E-state index contributed by atoms with van der Waals surface area (Å²) in [6.45, 7) is 1.64. The third kappa shape index (κ3) is 6.30. The molecule has 2 N–H and O–H groups in total. The van der Waals surface area contributed by atoms with Crippen molar-refractivity contribution in [3.8, 4) is 0 Å². The normalized spacial score (nSPS) is 16.1. The van der Waals surface area contributed by atoms with E-state index < -0.39 is 0 Å². The van der Waals surface area contributed by atoms with Gasteiger partial charge in [-0.15, -0.1) is 24.0 Å². The summed E-state index contributed by atoms with van der Waals surface area (Å²) in [6.07, 6.45) is 2.69. The monoisotopic (exact) mass is 436 g/mol. The van der Waals surface area contributed by atoms with E-state index in [1.807, 2.05) is 18.2 Å². The first-order valence-electron chi connectivity index (χ1n) is 7.45. The zero-order valence-electron chi connectivity index (χ0n) is 13.5. The van der Waals surface area contributed by atoms with Crippen LogP contribution in [0.15, 0.2) is 29.3 Å². The highest BCUT2D eigenvalue weighted by Crippen LogP contribution is 2.34. The Labute approximate surface area is 155 Å². The lowest BCUT2D eigenvalue weighted by molar-refractivity contribution is 0.264. The molecule has 1 saturated carbocycles. The van der Waals surface area contributed by atoms with Crippen molar-refractivity contribution in [1.82, 2.24) is 15.5 Å². The van der Waals surface area contributed by atoms with Crippen LogP contribution in [0.25, 0.3) is 0 Å². The third-order valence-corrected chi connectivity index (χ3v) is 4.12. The molecule has 0 amide bonds. The lowest BCUT2D eigenvalue weighted by atomic mass is 10.1. The number of benzene rings is 1. The Morgan fingerprint density at radius 1 is 1.36 bits per heavy atom. The molecule has 4 nitrogen and oxygen atoms in total. The molecule has 0 saturated heterocycles. The van der Waals surface area contributed by atoms with Gasteiger partial charge in [-0.1, -0.05) is 23.7 Å². The van der Waals surface area contributed by atoms with Crippen LogP contribution >= 0.6 is 35.6 Å². The zero-order chi connectivity index (χ0) is 15.2. The van der Waals surface area contributed by atoms with Crippen molar-refractivity contribution in [2.75, 3.05) is 27.7 Å². The van der Waals surface area contributed by atoms with Crippen LogP contribution in [-0.2, 0) is 6.54 Å². The van der Waals surface area contributed by atoms with Crippen LogP contribution in [0.5, 0.6) is 0 Å². The van der Waals surface area contributed by atoms with Crippen molar-refractivity contribution in [3.63, 3.8) is 0 Å². The standard InChI is InChI=1S/C16H25ClN4.HI/c1-18-16(19-10-12-5-4-6-14(17)9-12)20-11-15(21(2)3)13-7-8-13;/h4-6,9,13,15H,7-8,10-11H2,1-3H3,(H2,18,19,20);1H. The number of halogens is 2. The van der Waals surface area contributed by atoms with Crippen molar-refractivity contribution < 1.29 is 0 Å². The molecule has 0 bridgehead atoms. The smallest absolute Gasteiger partial charge is 0.191 e. The van der Waals surface area contributed by atoms with Crippen LogP contribution in [0.2, 0.25) is 5.02 Å². The van der Waals surface area contributed by atoms with Crippen LogP contribution in [0.3, 0.4) is 0 Å². The second-order valence-corrected chi connectivity index (χ2v) is 6.24. The summed E-state index contributed by atoms with van der Waals surface area (Å²) >= 11 is 5.99. The molecule has 22 heavy (non-hydrogen) atoms. The first-order chi connectivity index (χ1) is 10.1. The number of hydrogen-bond acceptors (Lipinski definition) is 2. The van der Waals surface area contributed by atoms with Gasteiger partial charge in [-0.25, -0.2) is 0 Å². The van der Waals surface area contributed by atoms with Gasteiger partial charge in [0.2, 0.25) is 0 Å². The number of aliphatic imine (C=N–C) groups is 1. The SMILES string of the molecule is CN=C(NCc1cccc(Cl)c1)NCC(C1CC1)N(C)C.I. The number of nitrogens with zero attached hydrogens (tertiary/aromatic N) is 2. The summed E-state index contributed by atoms with van der Waals surface area (Å²) in [6, 6.07) is 8.45. The van der Waals surface area contributed by atoms with E-state index in [9.17, 15) is 0 Å². The number of likely N-dealkylation sites (N-methyl/N-ethyl adjacent to an activating group) is 1. The molecule has 1 unspecified atom stereocenters. The minimum atomic E-state index is 0. The maximum absolute atomic E-state index is 5.99. The molecular formula is C16H26ClIN4. The fraction of sp³-hybridized carbons (Fsp3) is 0.562. The Hall–Kier alpha value is -0.530. The molecule has 0 heterocycles. The van der Waals surface area contributed by atoms with Crippen LogP contribution in [0, 0.1) is 5.92 Å². The highest BCUT2D eigenvalue weighted by Gasteiger charge is 2.32. The molecular weight excluding hydrogens is 411 g/mol. The Bertz CT molecular complexity index is 487. The molecule has 1 aliphatic carbocycles. The molecule has 1 aromatic carbocycles. The molecule has 124 valence electrons. The van der Waals surface area contributed by atoms with E-state index in [2.05, 4.69) is 40.7 Å². The minimum absolute atomic E-state index is 0. The van der Waals surface area contributed by atoms with Gasteiger partial charge in [-0.05, 0) is 50.6 Å². The number of hydrogen-bond donors (Lipinski definition) is 2.